The van der Waals surface area contributed by atoms with Crippen molar-refractivity contribution in [1.29, 1.82) is 5.26 Å². The average molecular weight is 230 g/mol. The number of tetrazole rings is 1. The fourth-order valence-corrected chi connectivity index (χ4v) is 1.13. The van der Waals surface area contributed by atoms with Crippen LogP contribution in [0.15, 0.2) is 0 Å². The van der Waals surface area contributed by atoms with Crippen LogP contribution in [-0.2, 0) is 13.5 Å². The molecule has 0 aliphatic carbocycles. The molecule has 1 atom stereocenters. The topological polar surface area (TPSA) is 67.4 Å². The predicted molar refractivity (Wildman–Crippen MR) is 45.4 cm³/mol. The van der Waals surface area contributed by atoms with Crippen molar-refractivity contribution in [2.24, 2.45) is 13.0 Å². The Morgan fingerprint density at radius 3 is 2.92 bits per heavy atom. The van der Waals surface area contributed by atoms with Gasteiger partial charge in [-0.1, -0.05) is 15.9 Å². The van der Waals surface area contributed by atoms with Crippen LogP contribution in [0, 0.1) is 17.2 Å². The Kier molecular flexibility index (Phi) is 3.17. The molecular weight excluding hydrogens is 222 g/mol. The molecule has 1 heterocycles. The maximum atomic E-state index is 8.63. The molecule has 1 aromatic rings. The summed E-state index contributed by atoms with van der Waals surface area (Å²) in [6, 6.07) is 2.15. The number of alkyl halides is 1. The fourth-order valence-electron chi connectivity index (χ4n) is 0.760. The van der Waals surface area contributed by atoms with Crippen molar-refractivity contribution < 1.29 is 0 Å². The van der Waals surface area contributed by atoms with Gasteiger partial charge < -0.3 is 0 Å². The number of hydrogen-bond acceptors (Lipinski definition) is 4. The Labute approximate surface area is 78.5 Å². The molecule has 0 aliphatic rings. The largest absolute Gasteiger partial charge is 0.198 e. The van der Waals surface area contributed by atoms with E-state index in [0.717, 1.165) is 0 Å². The standard InChI is InChI=1S/C6H8BrN5/c1-12-10-6(9-11-12)2-5(3-7)4-8/h5H,2-3H2,1H3. The monoisotopic (exact) mass is 229 g/mol. The molecule has 0 aromatic carbocycles. The number of nitriles is 1. The van der Waals surface area contributed by atoms with Gasteiger partial charge >= 0.3 is 0 Å². The van der Waals surface area contributed by atoms with Gasteiger partial charge in [0.15, 0.2) is 5.82 Å². The molecule has 64 valence electrons. The van der Waals surface area contributed by atoms with E-state index < -0.39 is 0 Å². The third kappa shape index (κ3) is 2.27. The molecule has 0 bridgehead atoms. The van der Waals surface area contributed by atoms with Crippen LogP contribution >= 0.6 is 15.9 Å². The Morgan fingerprint density at radius 2 is 2.50 bits per heavy atom. The zero-order valence-corrected chi connectivity index (χ0v) is 8.19. The van der Waals surface area contributed by atoms with E-state index in [1.54, 1.807) is 7.05 Å². The van der Waals surface area contributed by atoms with Gasteiger partial charge in [0, 0.05) is 11.8 Å². The van der Waals surface area contributed by atoms with Crippen molar-refractivity contribution in [3.05, 3.63) is 5.82 Å². The highest BCUT2D eigenvalue weighted by atomic mass is 79.9. The Hall–Kier alpha value is -0.960. The molecule has 1 unspecified atom stereocenters. The molecule has 0 saturated heterocycles. The summed E-state index contributed by atoms with van der Waals surface area (Å²) < 4.78 is 0. The number of halogens is 1. The number of aromatic nitrogens is 4. The highest BCUT2D eigenvalue weighted by Gasteiger charge is 2.10. The lowest BCUT2D eigenvalue weighted by molar-refractivity contribution is 0.624. The first-order chi connectivity index (χ1) is 5.76. The van der Waals surface area contributed by atoms with E-state index in [0.29, 0.717) is 17.6 Å². The predicted octanol–water partition coefficient (Wildman–Crippen LogP) is 0.287. The van der Waals surface area contributed by atoms with Crippen molar-refractivity contribution in [3.63, 3.8) is 0 Å². The third-order valence-corrected chi connectivity index (χ3v) is 2.13. The number of nitrogens with zero attached hydrogens (tertiary/aromatic N) is 5. The minimum atomic E-state index is -0.0748. The van der Waals surface area contributed by atoms with Crippen LogP contribution in [0.4, 0.5) is 0 Å². The molecular formula is C6H8BrN5. The number of hydrogen-bond donors (Lipinski definition) is 0. The first kappa shape index (κ1) is 9.13. The Balaban J connectivity index is 2.58. The van der Waals surface area contributed by atoms with Crippen molar-refractivity contribution in [1.82, 2.24) is 20.2 Å². The second-order valence-corrected chi connectivity index (χ2v) is 3.03. The first-order valence-electron chi connectivity index (χ1n) is 3.44. The SMILES string of the molecule is Cn1nnc(CC(C#N)CBr)n1. The highest BCUT2D eigenvalue weighted by Crippen LogP contribution is 2.05. The van der Waals surface area contributed by atoms with Gasteiger partial charge in [-0.15, -0.1) is 10.2 Å². The van der Waals surface area contributed by atoms with Gasteiger partial charge in [0.25, 0.3) is 0 Å². The summed E-state index contributed by atoms with van der Waals surface area (Å²) in [5.41, 5.74) is 0. The highest BCUT2D eigenvalue weighted by molar-refractivity contribution is 9.09. The lowest BCUT2D eigenvalue weighted by Gasteiger charge is -1.97. The molecule has 0 aliphatic heterocycles. The van der Waals surface area contributed by atoms with Crippen molar-refractivity contribution in [2.75, 3.05) is 5.33 Å². The summed E-state index contributed by atoms with van der Waals surface area (Å²) in [6.07, 6.45) is 0.551. The van der Waals surface area contributed by atoms with Crippen LogP contribution in [0.3, 0.4) is 0 Å². The van der Waals surface area contributed by atoms with Gasteiger partial charge in [-0.3, -0.25) is 0 Å². The summed E-state index contributed by atoms with van der Waals surface area (Å²) in [4.78, 5) is 1.39. The molecule has 0 fully saturated rings. The smallest absolute Gasteiger partial charge is 0.176 e. The van der Waals surface area contributed by atoms with E-state index in [-0.39, 0.29) is 5.92 Å². The molecule has 1 aromatic heterocycles. The molecule has 0 saturated carbocycles. The van der Waals surface area contributed by atoms with Crippen LogP contribution in [0.5, 0.6) is 0 Å². The molecule has 12 heavy (non-hydrogen) atoms. The Morgan fingerprint density at radius 1 is 1.75 bits per heavy atom. The van der Waals surface area contributed by atoms with Crippen LogP contribution in [-0.4, -0.2) is 25.5 Å². The number of rotatable bonds is 3. The molecule has 6 heteroatoms. The summed E-state index contributed by atoms with van der Waals surface area (Å²) in [5.74, 6) is 0.540. The molecule has 0 spiro atoms. The molecule has 0 N–H and O–H groups in total. The lowest BCUT2D eigenvalue weighted by atomic mass is 10.1. The van der Waals surface area contributed by atoms with Gasteiger partial charge in [0.1, 0.15) is 0 Å². The maximum absolute atomic E-state index is 8.63. The Bertz CT molecular complexity index is 288. The molecule has 5 nitrogen and oxygen atoms in total. The minimum absolute atomic E-state index is 0.0748. The second-order valence-electron chi connectivity index (χ2n) is 2.38. The van der Waals surface area contributed by atoms with Crippen molar-refractivity contribution >= 4 is 15.9 Å². The van der Waals surface area contributed by atoms with Crippen LogP contribution in [0.2, 0.25) is 0 Å². The van der Waals surface area contributed by atoms with Crippen LogP contribution in [0.1, 0.15) is 5.82 Å². The van der Waals surface area contributed by atoms with E-state index in [4.69, 9.17) is 5.26 Å². The quantitative estimate of drug-likeness (QED) is 0.699. The molecule has 0 amide bonds. The first-order valence-corrected chi connectivity index (χ1v) is 4.57. The van der Waals surface area contributed by atoms with E-state index in [1.807, 2.05) is 0 Å². The summed E-state index contributed by atoms with van der Waals surface area (Å²) in [7, 11) is 1.70. The maximum Gasteiger partial charge on any atom is 0.176 e. The average Bonchev–Trinajstić information content (AvgIpc) is 2.47. The van der Waals surface area contributed by atoms with Crippen molar-refractivity contribution in [3.8, 4) is 6.07 Å². The number of aryl methyl sites for hydroxylation is 1. The van der Waals surface area contributed by atoms with Gasteiger partial charge in [-0.05, 0) is 5.21 Å². The van der Waals surface area contributed by atoms with Gasteiger partial charge in [-0.25, -0.2) is 0 Å². The van der Waals surface area contributed by atoms with Gasteiger partial charge in [-0.2, -0.15) is 10.1 Å². The summed E-state index contributed by atoms with van der Waals surface area (Å²) in [6.45, 7) is 0. The van der Waals surface area contributed by atoms with Crippen LogP contribution in [0.25, 0.3) is 0 Å². The fraction of sp³-hybridized carbons (Fsp3) is 0.667. The van der Waals surface area contributed by atoms with Crippen molar-refractivity contribution in [2.45, 2.75) is 6.42 Å². The van der Waals surface area contributed by atoms with Gasteiger partial charge in [0.2, 0.25) is 0 Å². The lowest BCUT2D eigenvalue weighted by Crippen LogP contribution is -2.05. The minimum Gasteiger partial charge on any atom is -0.198 e. The summed E-state index contributed by atoms with van der Waals surface area (Å²) in [5, 5.41) is 20.7. The van der Waals surface area contributed by atoms with Crippen LogP contribution < -0.4 is 0 Å². The zero-order valence-electron chi connectivity index (χ0n) is 6.61. The molecule has 0 radical (unpaired) electrons. The van der Waals surface area contributed by atoms with Gasteiger partial charge in [0.05, 0.1) is 19.0 Å². The summed E-state index contributed by atoms with van der Waals surface area (Å²) >= 11 is 3.24. The zero-order chi connectivity index (χ0) is 8.97. The molecule has 1 rings (SSSR count). The normalized spacial score (nSPS) is 12.4. The van der Waals surface area contributed by atoms with E-state index in [9.17, 15) is 0 Å². The van der Waals surface area contributed by atoms with E-state index in [2.05, 4.69) is 37.4 Å². The van der Waals surface area contributed by atoms with E-state index in [1.165, 1.54) is 4.80 Å². The third-order valence-electron chi connectivity index (χ3n) is 1.35. The second kappa shape index (κ2) is 4.16. The van der Waals surface area contributed by atoms with E-state index >= 15 is 0 Å².